The number of H-pyrrole nitrogens is 1. The maximum absolute atomic E-state index is 13.9. The molecule has 4 bridgehead atoms. The van der Waals surface area contributed by atoms with Gasteiger partial charge in [0.25, 0.3) is 0 Å². The third kappa shape index (κ3) is 1.71. The Hall–Kier alpha value is -1.45. The second-order valence-corrected chi connectivity index (χ2v) is 7.36. The Morgan fingerprint density at radius 2 is 1.62 bits per heavy atom. The van der Waals surface area contributed by atoms with Gasteiger partial charge >= 0.3 is 0 Å². The summed E-state index contributed by atoms with van der Waals surface area (Å²) in [6.45, 7) is 0. The van der Waals surface area contributed by atoms with Crippen LogP contribution >= 0.6 is 0 Å². The van der Waals surface area contributed by atoms with Crippen LogP contribution in [0.25, 0.3) is 11.0 Å². The summed E-state index contributed by atoms with van der Waals surface area (Å²) in [4.78, 5) is 7.72. The summed E-state index contributed by atoms with van der Waals surface area (Å²) in [7, 11) is 0. The van der Waals surface area contributed by atoms with Crippen molar-refractivity contribution in [1.29, 1.82) is 0 Å². The van der Waals surface area contributed by atoms with Crippen LogP contribution in [0.1, 0.15) is 43.8 Å². The molecule has 4 fully saturated rings. The van der Waals surface area contributed by atoms with Crippen molar-refractivity contribution in [3.05, 3.63) is 29.6 Å². The SMILES string of the molecule is Fc1cc(F)c2nc(C3C4CC5CC(C4)CC3C5)[nH]c2c1. The Bertz CT molecular complexity index is 693. The number of halogens is 2. The van der Waals surface area contributed by atoms with Gasteiger partial charge in [-0.2, -0.15) is 0 Å². The summed E-state index contributed by atoms with van der Waals surface area (Å²) in [6.07, 6.45) is 6.61. The predicted molar refractivity (Wildman–Crippen MR) is 75.8 cm³/mol. The molecule has 0 aliphatic heterocycles. The summed E-state index contributed by atoms with van der Waals surface area (Å²) in [5, 5.41) is 0. The van der Waals surface area contributed by atoms with Crippen molar-refractivity contribution in [2.75, 3.05) is 0 Å². The van der Waals surface area contributed by atoms with Crippen LogP contribution in [-0.2, 0) is 0 Å². The van der Waals surface area contributed by atoms with E-state index in [2.05, 4.69) is 9.97 Å². The molecule has 1 N–H and O–H groups in total. The fourth-order valence-corrected chi connectivity index (χ4v) is 5.59. The Labute approximate surface area is 122 Å². The molecule has 6 rings (SSSR count). The first-order valence-corrected chi connectivity index (χ1v) is 8.02. The lowest BCUT2D eigenvalue weighted by molar-refractivity contribution is -0.00529. The Morgan fingerprint density at radius 3 is 2.29 bits per heavy atom. The molecule has 0 spiro atoms. The van der Waals surface area contributed by atoms with E-state index in [9.17, 15) is 8.78 Å². The number of imidazole rings is 1. The molecular weight excluding hydrogens is 270 g/mol. The van der Waals surface area contributed by atoms with E-state index in [1.165, 1.54) is 38.2 Å². The van der Waals surface area contributed by atoms with Gasteiger partial charge in [-0.15, -0.1) is 0 Å². The summed E-state index contributed by atoms with van der Waals surface area (Å²) >= 11 is 0. The smallest absolute Gasteiger partial charge is 0.153 e. The van der Waals surface area contributed by atoms with Crippen LogP contribution in [-0.4, -0.2) is 9.97 Å². The van der Waals surface area contributed by atoms with Crippen molar-refractivity contribution in [3.63, 3.8) is 0 Å². The van der Waals surface area contributed by atoms with E-state index in [1.807, 2.05) is 0 Å². The molecule has 4 heteroatoms. The van der Waals surface area contributed by atoms with Gasteiger partial charge in [-0.25, -0.2) is 13.8 Å². The van der Waals surface area contributed by atoms with Gasteiger partial charge in [0.15, 0.2) is 5.82 Å². The number of hydrogen-bond acceptors (Lipinski definition) is 1. The maximum atomic E-state index is 13.9. The predicted octanol–water partition coefficient (Wildman–Crippen LogP) is 4.38. The third-order valence-electron chi connectivity index (χ3n) is 6.07. The van der Waals surface area contributed by atoms with Gasteiger partial charge in [0, 0.05) is 12.0 Å². The minimum absolute atomic E-state index is 0.292. The molecule has 0 unspecified atom stereocenters. The van der Waals surface area contributed by atoms with Crippen LogP contribution in [0.2, 0.25) is 0 Å². The standard InChI is InChI=1S/C17H18F2N2/c18-12-6-13(19)16-14(7-12)20-17(21-16)15-10-2-8-1-9(4-10)5-11(15)3-8/h6-11,15H,1-5H2,(H,20,21). The molecule has 4 aliphatic carbocycles. The average Bonchev–Trinajstić information content (AvgIpc) is 2.81. The summed E-state index contributed by atoms with van der Waals surface area (Å²) < 4.78 is 27.2. The van der Waals surface area contributed by atoms with E-state index >= 15 is 0 Å². The minimum Gasteiger partial charge on any atom is -0.342 e. The van der Waals surface area contributed by atoms with Gasteiger partial charge in [-0.1, -0.05) is 0 Å². The van der Waals surface area contributed by atoms with Crippen molar-refractivity contribution in [2.24, 2.45) is 23.7 Å². The quantitative estimate of drug-likeness (QED) is 0.828. The molecule has 21 heavy (non-hydrogen) atoms. The highest BCUT2D eigenvalue weighted by molar-refractivity contribution is 5.75. The molecule has 0 amide bonds. The minimum atomic E-state index is -0.559. The van der Waals surface area contributed by atoms with E-state index in [-0.39, 0.29) is 0 Å². The molecule has 1 heterocycles. The molecule has 1 aromatic heterocycles. The Balaban J connectivity index is 1.60. The third-order valence-corrected chi connectivity index (χ3v) is 6.07. The first-order chi connectivity index (χ1) is 10.2. The Kier molecular flexibility index (Phi) is 2.34. The molecule has 1 aromatic carbocycles. The van der Waals surface area contributed by atoms with Gasteiger partial charge in [-0.3, -0.25) is 0 Å². The summed E-state index contributed by atoms with van der Waals surface area (Å²) in [5.41, 5.74) is 0.788. The molecule has 4 aliphatic rings. The number of aromatic amines is 1. The van der Waals surface area contributed by atoms with Crippen molar-refractivity contribution >= 4 is 11.0 Å². The first kappa shape index (κ1) is 12.1. The van der Waals surface area contributed by atoms with Crippen LogP contribution in [0.5, 0.6) is 0 Å². The fourth-order valence-electron chi connectivity index (χ4n) is 5.59. The lowest BCUT2D eigenvalue weighted by Crippen LogP contribution is -2.44. The molecule has 0 saturated heterocycles. The number of rotatable bonds is 1. The molecule has 2 nitrogen and oxygen atoms in total. The van der Waals surface area contributed by atoms with Crippen molar-refractivity contribution in [1.82, 2.24) is 9.97 Å². The largest absolute Gasteiger partial charge is 0.342 e. The van der Waals surface area contributed by atoms with Gasteiger partial charge in [-0.05, 0) is 61.8 Å². The molecule has 2 aromatic rings. The number of aromatic nitrogens is 2. The zero-order chi connectivity index (χ0) is 14.1. The van der Waals surface area contributed by atoms with Crippen LogP contribution < -0.4 is 0 Å². The highest BCUT2D eigenvalue weighted by atomic mass is 19.1. The zero-order valence-corrected chi connectivity index (χ0v) is 11.8. The topological polar surface area (TPSA) is 28.7 Å². The highest BCUT2D eigenvalue weighted by Gasteiger charge is 2.49. The van der Waals surface area contributed by atoms with Gasteiger partial charge in [0.2, 0.25) is 0 Å². The van der Waals surface area contributed by atoms with E-state index in [0.717, 1.165) is 23.7 Å². The van der Waals surface area contributed by atoms with Crippen LogP contribution in [0, 0.1) is 35.3 Å². The molecular formula is C17H18F2N2. The number of fused-ring (bicyclic) bond motifs is 1. The van der Waals surface area contributed by atoms with Crippen LogP contribution in [0.15, 0.2) is 12.1 Å². The Morgan fingerprint density at radius 1 is 0.952 bits per heavy atom. The van der Waals surface area contributed by atoms with Crippen molar-refractivity contribution in [2.45, 2.75) is 38.0 Å². The highest BCUT2D eigenvalue weighted by Crippen LogP contribution is 2.59. The number of nitrogens with one attached hydrogen (secondary N) is 1. The second-order valence-electron chi connectivity index (χ2n) is 7.36. The fraction of sp³-hybridized carbons (Fsp3) is 0.588. The number of hydrogen-bond donors (Lipinski definition) is 1. The van der Waals surface area contributed by atoms with Crippen LogP contribution in [0.3, 0.4) is 0 Å². The molecule has 0 radical (unpaired) electrons. The van der Waals surface area contributed by atoms with Crippen LogP contribution in [0.4, 0.5) is 8.78 Å². The molecule has 110 valence electrons. The van der Waals surface area contributed by atoms with E-state index in [4.69, 9.17) is 0 Å². The lowest BCUT2D eigenvalue weighted by Gasteiger charge is -2.53. The van der Waals surface area contributed by atoms with E-state index in [1.54, 1.807) is 0 Å². The normalized spacial score (nSPS) is 37.5. The second kappa shape index (κ2) is 4.05. The number of nitrogens with zero attached hydrogens (tertiary/aromatic N) is 1. The summed E-state index contributed by atoms with van der Waals surface area (Å²) in [6, 6.07) is 2.27. The number of benzene rings is 1. The van der Waals surface area contributed by atoms with Gasteiger partial charge < -0.3 is 4.98 Å². The first-order valence-electron chi connectivity index (χ1n) is 8.02. The average molecular weight is 288 g/mol. The maximum Gasteiger partial charge on any atom is 0.153 e. The van der Waals surface area contributed by atoms with Gasteiger partial charge in [0.1, 0.15) is 17.2 Å². The zero-order valence-electron chi connectivity index (χ0n) is 11.8. The molecule has 4 saturated carbocycles. The molecule has 0 atom stereocenters. The van der Waals surface area contributed by atoms with E-state index < -0.39 is 11.6 Å². The summed E-state index contributed by atoms with van der Waals surface area (Å²) in [5.74, 6) is 3.40. The monoisotopic (exact) mass is 288 g/mol. The van der Waals surface area contributed by atoms with Crippen molar-refractivity contribution in [3.8, 4) is 0 Å². The lowest BCUT2D eigenvalue weighted by atomic mass is 9.52. The van der Waals surface area contributed by atoms with Gasteiger partial charge in [0.05, 0.1) is 5.52 Å². The van der Waals surface area contributed by atoms with E-state index in [0.29, 0.717) is 28.8 Å². The van der Waals surface area contributed by atoms with Crippen molar-refractivity contribution < 1.29 is 8.78 Å².